The Bertz CT molecular complexity index is 730. The summed E-state index contributed by atoms with van der Waals surface area (Å²) in [6.07, 6.45) is 0. The molecule has 6 nitrogen and oxygen atoms in total. The van der Waals surface area contributed by atoms with Gasteiger partial charge in [0.1, 0.15) is 0 Å². The van der Waals surface area contributed by atoms with Crippen molar-refractivity contribution in [3.63, 3.8) is 0 Å². The van der Waals surface area contributed by atoms with Crippen molar-refractivity contribution in [3.8, 4) is 12.1 Å². The van der Waals surface area contributed by atoms with E-state index in [1.165, 1.54) is 7.11 Å². The first-order valence-corrected chi connectivity index (χ1v) is 7.00. The van der Waals surface area contributed by atoms with Gasteiger partial charge in [-0.25, -0.2) is 4.79 Å². The smallest absolute Gasteiger partial charge is 0.337 e. The number of nitrogens with zero attached hydrogens (tertiary/aromatic N) is 2. The van der Waals surface area contributed by atoms with E-state index in [2.05, 4.69) is 4.74 Å². The molecule has 22 heavy (non-hydrogen) atoms. The molecule has 1 heterocycles. The molecule has 1 aliphatic rings. The maximum Gasteiger partial charge on any atom is 0.337 e. The molecule has 2 rings (SSSR count). The lowest BCUT2D eigenvalue weighted by atomic mass is 9.85. The first-order valence-electron chi connectivity index (χ1n) is 6.19. The Morgan fingerprint density at radius 3 is 2.05 bits per heavy atom. The lowest BCUT2D eigenvalue weighted by molar-refractivity contribution is 0.0600. The quantitative estimate of drug-likeness (QED) is 0.796. The molecule has 0 fully saturated rings. The first kappa shape index (κ1) is 15.5. The second-order valence-corrected chi connectivity index (χ2v) is 5.51. The van der Waals surface area contributed by atoms with Crippen molar-refractivity contribution in [2.75, 3.05) is 7.11 Å². The van der Waals surface area contributed by atoms with Gasteiger partial charge in [0.15, 0.2) is 0 Å². The van der Waals surface area contributed by atoms with Crippen LogP contribution in [0.4, 0.5) is 0 Å². The fourth-order valence-electron chi connectivity index (χ4n) is 2.16. The van der Waals surface area contributed by atoms with Crippen LogP contribution in [0.2, 0.25) is 0 Å². The fraction of sp³-hybridized carbons (Fsp3) is 0.133. The monoisotopic (exact) mass is 312 g/mol. The zero-order chi connectivity index (χ0) is 16.3. The highest BCUT2D eigenvalue weighted by molar-refractivity contribution is 8.06. The molecule has 0 aromatic heterocycles. The van der Waals surface area contributed by atoms with Crippen LogP contribution in [0.3, 0.4) is 0 Å². The number of nitriles is 2. The van der Waals surface area contributed by atoms with Gasteiger partial charge in [0.2, 0.25) is 0 Å². The van der Waals surface area contributed by atoms with E-state index in [1.807, 2.05) is 12.1 Å². The Morgan fingerprint density at radius 2 is 1.64 bits per heavy atom. The Balaban J connectivity index is 2.52. The van der Waals surface area contributed by atoms with Gasteiger partial charge in [0.25, 0.3) is 0 Å². The van der Waals surface area contributed by atoms with Crippen LogP contribution in [0.1, 0.15) is 21.8 Å². The Kier molecular flexibility index (Phi) is 4.40. The van der Waals surface area contributed by atoms with E-state index in [0.29, 0.717) is 11.1 Å². The van der Waals surface area contributed by atoms with Crippen LogP contribution in [0.5, 0.6) is 0 Å². The predicted molar refractivity (Wildman–Crippen MR) is 81.8 cm³/mol. The molecule has 0 saturated carbocycles. The van der Waals surface area contributed by atoms with Crippen molar-refractivity contribution in [1.29, 1.82) is 10.5 Å². The van der Waals surface area contributed by atoms with Crippen LogP contribution in [0.25, 0.3) is 0 Å². The second kappa shape index (κ2) is 6.25. The normalized spacial score (nSPS) is 15.2. The average Bonchev–Trinajstić information content (AvgIpc) is 2.53. The maximum atomic E-state index is 11.5. The third-order valence-corrected chi connectivity index (χ3v) is 4.11. The Hall–Kier alpha value is -2.90. The fourth-order valence-corrected chi connectivity index (χ4v) is 2.94. The van der Waals surface area contributed by atoms with E-state index in [9.17, 15) is 15.3 Å². The number of hydrogen-bond acceptors (Lipinski definition) is 7. The van der Waals surface area contributed by atoms with Gasteiger partial charge >= 0.3 is 5.97 Å². The largest absolute Gasteiger partial charge is 0.465 e. The van der Waals surface area contributed by atoms with Crippen molar-refractivity contribution in [1.82, 2.24) is 0 Å². The van der Waals surface area contributed by atoms with Crippen LogP contribution < -0.4 is 11.5 Å². The highest BCUT2D eigenvalue weighted by atomic mass is 32.2. The predicted octanol–water partition coefficient (Wildman–Crippen LogP) is 1.69. The number of carbonyl (C=O) groups excluding carboxylic acids is 1. The number of thioether (sulfide) groups is 1. The van der Waals surface area contributed by atoms with Crippen LogP contribution in [-0.2, 0) is 4.74 Å². The summed E-state index contributed by atoms with van der Waals surface area (Å²) < 4.78 is 4.63. The minimum absolute atomic E-state index is 0.279. The van der Waals surface area contributed by atoms with Crippen LogP contribution in [0, 0.1) is 22.7 Å². The number of allylic oxidation sites excluding steroid dienone is 2. The molecular formula is C15H12N4O2S. The Morgan fingerprint density at radius 1 is 1.14 bits per heavy atom. The summed E-state index contributed by atoms with van der Waals surface area (Å²) in [6, 6.07) is 10.5. The number of esters is 1. The first-order chi connectivity index (χ1) is 10.5. The lowest BCUT2D eigenvalue weighted by Gasteiger charge is -2.23. The maximum absolute atomic E-state index is 11.5. The molecular weight excluding hydrogens is 300 g/mol. The van der Waals surface area contributed by atoms with Crippen molar-refractivity contribution >= 4 is 17.7 Å². The second-order valence-electron chi connectivity index (χ2n) is 4.43. The highest BCUT2D eigenvalue weighted by Crippen LogP contribution is 2.42. The number of hydrogen-bond donors (Lipinski definition) is 2. The van der Waals surface area contributed by atoms with Gasteiger partial charge in [-0.15, -0.1) is 0 Å². The standard InChI is InChI=1S/C15H12N4O2S/c1-21-15(20)9-4-2-8(3-5-9)12-10(6-16)13(18)22-14(19)11(12)7-17/h2-5,12H,18-19H2,1H3. The summed E-state index contributed by atoms with van der Waals surface area (Å²) in [5.41, 5.74) is 13.3. The Labute approximate surface area is 131 Å². The van der Waals surface area contributed by atoms with Crippen LogP contribution in [0.15, 0.2) is 45.5 Å². The van der Waals surface area contributed by atoms with Gasteiger partial charge in [0, 0.05) is 0 Å². The van der Waals surface area contributed by atoms with E-state index < -0.39 is 11.9 Å². The number of methoxy groups -OCH3 is 1. The molecule has 0 saturated heterocycles. The molecule has 1 aliphatic heterocycles. The molecule has 7 heteroatoms. The molecule has 0 spiro atoms. The van der Waals surface area contributed by atoms with E-state index in [-0.39, 0.29) is 21.2 Å². The van der Waals surface area contributed by atoms with Crippen molar-refractivity contribution in [2.24, 2.45) is 11.5 Å². The van der Waals surface area contributed by atoms with Gasteiger partial charge in [-0.3, -0.25) is 0 Å². The van der Waals surface area contributed by atoms with Gasteiger partial charge in [0.05, 0.1) is 51.9 Å². The molecule has 0 bridgehead atoms. The topological polar surface area (TPSA) is 126 Å². The number of ether oxygens (including phenoxy) is 1. The van der Waals surface area contributed by atoms with E-state index in [4.69, 9.17) is 11.5 Å². The third-order valence-electron chi connectivity index (χ3n) is 3.23. The van der Waals surface area contributed by atoms with Crippen molar-refractivity contribution in [2.45, 2.75) is 5.92 Å². The van der Waals surface area contributed by atoms with E-state index >= 15 is 0 Å². The lowest BCUT2D eigenvalue weighted by Crippen LogP contribution is -2.18. The number of rotatable bonds is 2. The summed E-state index contributed by atoms with van der Waals surface area (Å²) >= 11 is 1.01. The summed E-state index contributed by atoms with van der Waals surface area (Å²) in [4.78, 5) is 11.5. The number of carbonyl (C=O) groups is 1. The van der Waals surface area contributed by atoms with Gasteiger partial charge in [-0.1, -0.05) is 23.9 Å². The molecule has 0 radical (unpaired) electrons. The zero-order valence-electron chi connectivity index (χ0n) is 11.7. The number of nitrogens with two attached hydrogens (primary N) is 2. The van der Waals surface area contributed by atoms with Crippen LogP contribution >= 0.6 is 11.8 Å². The molecule has 1 aromatic rings. The van der Waals surface area contributed by atoms with Gasteiger partial charge in [-0.05, 0) is 17.7 Å². The van der Waals surface area contributed by atoms with E-state index in [0.717, 1.165) is 11.8 Å². The minimum Gasteiger partial charge on any atom is -0.465 e. The summed E-state index contributed by atoms with van der Waals surface area (Å²) in [6.45, 7) is 0. The summed E-state index contributed by atoms with van der Waals surface area (Å²) in [5.74, 6) is -1.08. The summed E-state index contributed by atoms with van der Waals surface area (Å²) in [5, 5.41) is 19.2. The van der Waals surface area contributed by atoms with E-state index in [1.54, 1.807) is 24.3 Å². The van der Waals surface area contributed by atoms with Gasteiger partial charge in [-0.2, -0.15) is 10.5 Å². The highest BCUT2D eigenvalue weighted by Gasteiger charge is 2.31. The van der Waals surface area contributed by atoms with Crippen molar-refractivity contribution < 1.29 is 9.53 Å². The minimum atomic E-state index is -0.622. The average molecular weight is 312 g/mol. The van der Waals surface area contributed by atoms with Crippen molar-refractivity contribution in [3.05, 3.63) is 56.6 Å². The third kappa shape index (κ3) is 2.62. The number of benzene rings is 1. The van der Waals surface area contributed by atoms with Gasteiger partial charge < -0.3 is 16.2 Å². The zero-order valence-corrected chi connectivity index (χ0v) is 12.5. The molecule has 4 N–H and O–H groups in total. The SMILES string of the molecule is COC(=O)c1ccc(C2C(C#N)=C(N)SC(N)=C2C#N)cc1. The molecule has 0 atom stereocenters. The molecule has 1 aromatic carbocycles. The molecule has 0 amide bonds. The molecule has 0 unspecified atom stereocenters. The van der Waals surface area contributed by atoms with Crippen LogP contribution in [-0.4, -0.2) is 13.1 Å². The molecule has 110 valence electrons. The molecule has 0 aliphatic carbocycles. The summed E-state index contributed by atoms with van der Waals surface area (Å²) in [7, 11) is 1.29.